The summed E-state index contributed by atoms with van der Waals surface area (Å²) in [6.45, 7) is 5.82. The molecule has 2 aliphatic rings. The predicted molar refractivity (Wildman–Crippen MR) is 150 cm³/mol. The summed E-state index contributed by atoms with van der Waals surface area (Å²) in [6.07, 6.45) is 7.27. The van der Waals surface area contributed by atoms with Crippen molar-refractivity contribution in [2.45, 2.75) is 89.9 Å². The lowest BCUT2D eigenvalue weighted by molar-refractivity contribution is -0.125. The summed E-state index contributed by atoms with van der Waals surface area (Å²) in [5.74, 6) is 1.15. The van der Waals surface area contributed by atoms with E-state index in [1.54, 1.807) is 27.9 Å². The lowest BCUT2D eigenvalue weighted by atomic mass is 9.85. The Hall–Kier alpha value is -2.04. The molecule has 1 aromatic rings. The van der Waals surface area contributed by atoms with Crippen LogP contribution in [0, 0.1) is 5.92 Å². The Labute approximate surface area is 229 Å². The number of hydrogen-bond acceptors (Lipinski definition) is 6. The van der Waals surface area contributed by atoms with Crippen LogP contribution in [-0.4, -0.2) is 62.9 Å². The number of nitrogens with one attached hydrogen (secondary N) is 2. The molecular weight excluding hydrogens is 510 g/mol. The van der Waals surface area contributed by atoms with Crippen molar-refractivity contribution < 1.29 is 23.6 Å². The van der Waals surface area contributed by atoms with Gasteiger partial charge in [0.15, 0.2) is 11.9 Å². The number of methoxy groups -OCH3 is 1. The molecule has 0 aromatic heterocycles. The normalized spacial score (nSPS) is 21.3. The SMILES string of the molecule is COc1ccc(CNC(=S)[C@@H](CCC2CCCCC2)NC(=O)[C@@H]2C[S+]([O-])CN2C(=O)OC(C)(C)C)cc1. The molecule has 3 rings (SSSR count). The fourth-order valence-corrected chi connectivity index (χ4v) is 6.39. The molecule has 2 N–H and O–H groups in total. The van der Waals surface area contributed by atoms with Crippen molar-refractivity contribution in [3.05, 3.63) is 29.8 Å². The first kappa shape index (κ1) is 29.5. The fraction of sp³-hybridized carbons (Fsp3) is 0.667. The third kappa shape index (κ3) is 9.33. The molecule has 1 saturated carbocycles. The van der Waals surface area contributed by atoms with Crippen molar-refractivity contribution in [3.8, 4) is 5.75 Å². The monoisotopic (exact) mass is 551 g/mol. The van der Waals surface area contributed by atoms with Crippen LogP contribution in [0.4, 0.5) is 4.79 Å². The van der Waals surface area contributed by atoms with Crippen molar-refractivity contribution in [2.75, 3.05) is 18.7 Å². The zero-order chi connectivity index (χ0) is 27.0. The second-order valence-electron chi connectivity index (χ2n) is 10.9. The van der Waals surface area contributed by atoms with Gasteiger partial charge in [0.05, 0.1) is 18.1 Å². The largest absolute Gasteiger partial charge is 0.615 e. The lowest BCUT2D eigenvalue weighted by Crippen LogP contribution is -2.54. The van der Waals surface area contributed by atoms with Crippen LogP contribution in [0.2, 0.25) is 0 Å². The van der Waals surface area contributed by atoms with Gasteiger partial charge in [0, 0.05) is 6.54 Å². The van der Waals surface area contributed by atoms with E-state index in [4.69, 9.17) is 21.7 Å². The van der Waals surface area contributed by atoms with Gasteiger partial charge < -0.3 is 24.7 Å². The summed E-state index contributed by atoms with van der Waals surface area (Å²) in [5, 5.41) is 6.38. The Morgan fingerprint density at radius 3 is 2.49 bits per heavy atom. The van der Waals surface area contributed by atoms with E-state index in [1.807, 2.05) is 24.3 Å². The first-order valence-corrected chi connectivity index (χ1v) is 15.0. The molecule has 1 saturated heterocycles. The van der Waals surface area contributed by atoms with Gasteiger partial charge in [0.2, 0.25) is 5.91 Å². The Bertz CT molecular complexity index is 916. The number of carbonyl (C=O) groups excluding carboxylic acids is 2. The number of nitrogens with zero attached hydrogens (tertiary/aromatic N) is 1. The first-order valence-electron chi connectivity index (χ1n) is 13.1. The number of thiocarbonyl (C=S) groups is 1. The second kappa shape index (κ2) is 13.7. The van der Waals surface area contributed by atoms with E-state index in [-0.39, 0.29) is 23.6 Å². The van der Waals surface area contributed by atoms with Crippen molar-refractivity contribution in [3.63, 3.8) is 0 Å². The van der Waals surface area contributed by atoms with Crippen molar-refractivity contribution in [2.24, 2.45) is 5.92 Å². The molecule has 0 bridgehead atoms. The molecule has 0 spiro atoms. The Morgan fingerprint density at radius 1 is 1.19 bits per heavy atom. The molecule has 206 valence electrons. The van der Waals surface area contributed by atoms with Crippen LogP contribution in [0.15, 0.2) is 24.3 Å². The minimum Gasteiger partial charge on any atom is -0.615 e. The number of hydrogen-bond donors (Lipinski definition) is 2. The van der Waals surface area contributed by atoms with Crippen molar-refractivity contribution >= 4 is 40.4 Å². The summed E-state index contributed by atoms with van der Waals surface area (Å²) in [6, 6.07) is 6.50. The highest BCUT2D eigenvalue weighted by Gasteiger charge is 2.44. The smallest absolute Gasteiger partial charge is 0.414 e. The lowest BCUT2D eigenvalue weighted by Gasteiger charge is -2.28. The quantitative estimate of drug-likeness (QED) is 0.349. The topological polar surface area (TPSA) is 103 Å². The number of ether oxygens (including phenoxy) is 2. The molecule has 8 nitrogen and oxygen atoms in total. The van der Waals surface area contributed by atoms with E-state index in [0.717, 1.165) is 17.7 Å². The molecule has 1 aromatic carbocycles. The highest BCUT2D eigenvalue weighted by Crippen LogP contribution is 2.28. The van der Waals surface area contributed by atoms with Crippen molar-refractivity contribution in [1.29, 1.82) is 0 Å². The van der Waals surface area contributed by atoms with E-state index < -0.39 is 28.9 Å². The first-order chi connectivity index (χ1) is 17.6. The average molecular weight is 552 g/mol. The molecule has 1 aliphatic heterocycles. The second-order valence-corrected chi connectivity index (χ2v) is 12.8. The summed E-state index contributed by atoms with van der Waals surface area (Å²) < 4.78 is 23.0. The van der Waals surface area contributed by atoms with Crippen LogP contribution >= 0.6 is 12.2 Å². The molecular formula is C27H41N3O5S2. The molecule has 1 aliphatic carbocycles. The van der Waals surface area contributed by atoms with Crippen LogP contribution in [0.1, 0.15) is 71.3 Å². The van der Waals surface area contributed by atoms with Gasteiger partial charge in [-0.25, -0.2) is 9.69 Å². The molecule has 2 amide bonds. The van der Waals surface area contributed by atoms with Crippen molar-refractivity contribution in [1.82, 2.24) is 15.5 Å². The number of amides is 2. The summed E-state index contributed by atoms with van der Waals surface area (Å²) >= 11 is 4.43. The minimum absolute atomic E-state index is 0.0140. The fourth-order valence-electron chi connectivity index (χ4n) is 4.75. The number of rotatable bonds is 9. The predicted octanol–water partition coefficient (Wildman–Crippen LogP) is 4.28. The molecule has 3 atom stereocenters. The minimum atomic E-state index is -1.31. The molecule has 37 heavy (non-hydrogen) atoms. The maximum atomic E-state index is 13.4. The highest BCUT2D eigenvalue weighted by molar-refractivity contribution is 7.91. The van der Waals surface area contributed by atoms with Crippen LogP contribution < -0.4 is 15.4 Å². The molecule has 1 heterocycles. The molecule has 2 fully saturated rings. The van der Waals surface area contributed by atoms with Gasteiger partial charge >= 0.3 is 6.09 Å². The van der Waals surface area contributed by atoms with E-state index in [1.165, 1.54) is 37.0 Å². The molecule has 0 radical (unpaired) electrons. The number of carbonyl (C=O) groups is 2. The number of benzene rings is 1. The summed E-state index contributed by atoms with van der Waals surface area (Å²) in [5.41, 5.74) is 0.334. The van der Waals surface area contributed by atoms with E-state index in [9.17, 15) is 14.1 Å². The van der Waals surface area contributed by atoms with E-state index >= 15 is 0 Å². The molecule has 1 unspecified atom stereocenters. The van der Waals surface area contributed by atoms with E-state index in [0.29, 0.717) is 23.9 Å². The van der Waals surface area contributed by atoms with Gasteiger partial charge in [0.1, 0.15) is 17.1 Å². The van der Waals surface area contributed by atoms with Gasteiger partial charge in [-0.1, -0.05) is 56.5 Å². The summed E-state index contributed by atoms with van der Waals surface area (Å²) in [4.78, 5) is 27.9. The van der Waals surface area contributed by atoms with Crippen LogP contribution in [0.3, 0.4) is 0 Å². The summed E-state index contributed by atoms with van der Waals surface area (Å²) in [7, 11) is 1.63. The Balaban J connectivity index is 1.66. The van der Waals surface area contributed by atoms with Gasteiger partial charge in [-0.05, 0) is 68.4 Å². The Morgan fingerprint density at radius 2 is 1.86 bits per heavy atom. The van der Waals surface area contributed by atoms with Gasteiger partial charge in [-0.2, -0.15) is 0 Å². The van der Waals surface area contributed by atoms with Crippen LogP contribution in [-0.2, 0) is 27.3 Å². The van der Waals surface area contributed by atoms with Gasteiger partial charge in [-0.3, -0.25) is 4.79 Å². The zero-order valence-corrected chi connectivity index (χ0v) is 24.1. The standard InChI is InChI=1S/C27H41N3O5S2/c1-27(2,3)35-26(32)30-18-37(33)17-23(30)24(31)29-22(15-12-19-8-6-5-7-9-19)25(36)28-16-20-10-13-21(34-4)14-11-20/h10-11,13-14,19,22-23H,5-9,12,15-18H2,1-4H3,(H,28,36)(H,29,31)/t22-,23+,37?/m1/s1. The molecule has 10 heteroatoms. The van der Waals surface area contributed by atoms with Crippen LogP contribution in [0.25, 0.3) is 0 Å². The average Bonchev–Trinajstić information content (AvgIpc) is 3.27. The maximum absolute atomic E-state index is 13.4. The third-order valence-corrected chi connectivity index (χ3v) is 8.46. The van der Waals surface area contributed by atoms with E-state index in [2.05, 4.69) is 10.6 Å². The van der Waals surface area contributed by atoms with Gasteiger partial charge in [-0.15, -0.1) is 0 Å². The third-order valence-electron chi connectivity index (χ3n) is 6.78. The van der Waals surface area contributed by atoms with Gasteiger partial charge in [0.25, 0.3) is 0 Å². The highest BCUT2D eigenvalue weighted by atomic mass is 32.2. The zero-order valence-electron chi connectivity index (χ0n) is 22.4. The Kier molecular flexibility index (Phi) is 10.9. The maximum Gasteiger partial charge on any atom is 0.414 e. The van der Waals surface area contributed by atoms with Crippen LogP contribution in [0.5, 0.6) is 5.75 Å².